The second-order valence-corrected chi connectivity index (χ2v) is 10.5. The van der Waals surface area contributed by atoms with Gasteiger partial charge in [-0.25, -0.2) is 9.78 Å². The van der Waals surface area contributed by atoms with E-state index in [1.807, 2.05) is 18.2 Å². The molecule has 2 aromatic heterocycles. The number of nitrogens with zero attached hydrogens (tertiary/aromatic N) is 3. The number of benzene rings is 1. The molecule has 3 aliphatic rings. The molecule has 9 heteroatoms. The zero-order valence-electron chi connectivity index (χ0n) is 16.9. The van der Waals surface area contributed by atoms with Gasteiger partial charge >= 0.3 is 5.97 Å². The summed E-state index contributed by atoms with van der Waals surface area (Å²) in [5.74, 6) is 2.01. The Kier molecular flexibility index (Phi) is 4.82. The number of piperidine rings is 1. The lowest BCUT2D eigenvalue weighted by molar-refractivity contribution is 0.0702. The molecular weight excluding hydrogens is 469 g/mol. The number of anilines is 1. The van der Waals surface area contributed by atoms with Crippen LogP contribution in [0.2, 0.25) is 10.0 Å². The number of rotatable bonds is 6. The highest BCUT2D eigenvalue weighted by Gasteiger charge is 2.54. The van der Waals surface area contributed by atoms with Crippen molar-refractivity contribution in [3.63, 3.8) is 0 Å². The molecule has 2 unspecified atom stereocenters. The molecule has 0 amide bonds. The molecule has 32 heavy (non-hydrogen) atoms. The van der Waals surface area contributed by atoms with Gasteiger partial charge in [-0.05, 0) is 42.7 Å². The summed E-state index contributed by atoms with van der Waals surface area (Å²) in [5.41, 5.74) is 2.40. The average Bonchev–Trinajstić information content (AvgIpc) is 3.49. The fraction of sp³-hybridized carbons (Fsp3) is 0.348. The summed E-state index contributed by atoms with van der Waals surface area (Å²) in [7, 11) is 0. The largest absolute Gasteiger partial charge is 0.477 e. The maximum Gasteiger partial charge on any atom is 0.347 e. The van der Waals surface area contributed by atoms with Crippen LogP contribution in [0.1, 0.15) is 39.8 Å². The summed E-state index contributed by atoms with van der Waals surface area (Å²) >= 11 is 14.1. The van der Waals surface area contributed by atoms with Crippen LogP contribution in [0.15, 0.2) is 35.0 Å². The Morgan fingerprint density at radius 2 is 1.94 bits per heavy atom. The van der Waals surface area contributed by atoms with E-state index in [4.69, 9.17) is 32.8 Å². The van der Waals surface area contributed by atoms with Gasteiger partial charge in [0.25, 0.3) is 0 Å². The van der Waals surface area contributed by atoms with Crippen molar-refractivity contribution in [2.24, 2.45) is 17.8 Å². The van der Waals surface area contributed by atoms with Crippen molar-refractivity contribution in [1.29, 1.82) is 0 Å². The lowest BCUT2D eigenvalue weighted by Gasteiger charge is -2.17. The molecule has 6 rings (SSSR count). The normalized spacial score (nSPS) is 24.3. The number of halogens is 2. The van der Waals surface area contributed by atoms with Crippen molar-refractivity contribution in [3.8, 4) is 11.3 Å². The maximum absolute atomic E-state index is 11.1. The van der Waals surface area contributed by atoms with Crippen molar-refractivity contribution in [3.05, 3.63) is 56.7 Å². The lowest BCUT2D eigenvalue weighted by Crippen LogP contribution is -2.23. The van der Waals surface area contributed by atoms with Crippen LogP contribution in [0.25, 0.3) is 17.3 Å². The third-order valence-corrected chi connectivity index (χ3v) is 8.30. The number of hydrogen-bond acceptors (Lipinski definition) is 6. The first-order chi connectivity index (χ1) is 15.5. The Morgan fingerprint density at radius 3 is 2.56 bits per heavy atom. The molecule has 0 bridgehead atoms. The van der Waals surface area contributed by atoms with Gasteiger partial charge in [0, 0.05) is 30.1 Å². The van der Waals surface area contributed by atoms with Crippen molar-refractivity contribution in [1.82, 2.24) is 10.1 Å². The number of thiazole rings is 1. The van der Waals surface area contributed by atoms with E-state index in [0.29, 0.717) is 45.0 Å². The lowest BCUT2D eigenvalue weighted by atomic mass is 10.0. The Bertz CT molecular complexity index is 1220. The van der Waals surface area contributed by atoms with Crippen LogP contribution in [-0.2, 0) is 0 Å². The number of allylic oxidation sites excluding steroid dienone is 1. The summed E-state index contributed by atoms with van der Waals surface area (Å²) < 4.78 is 5.75. The van der Waals surface area contributed by atoms with Gasteiger partial charge in [0.2, 0.25) is 0 Å². The summed E-state index contributed by atoms with van der Waals surface area (Å²) in [6, 6.07) is 5.45. The molecule has 2 saturated carbocycles. The van der Waals surface area contributed by atoms with Crippen molar-refractivity contribution < 1.29 is 14.4 Å². The van der Waals surface area contributed by atoms with Crippen LogP contribution in [0.3, 0.4) is 0 Å². The molecule has 1 aliphatic heterocycles. The predicted octanol–water partition coefficient (Wildman–Crippen LogP) is 6.08. The standard InChI is InChI=1S/C23H19Cl2N3O3S/c24-16-2-1-3-17(25)19(16)20-13(21(31-27-20)11-4-5-11)7-6-12-14-9-28(10-15(12)14)23-26-8-18(32-23)22(29)30/h1-3,6-8,11-12,14-15H,4-5,9-10H2,(H,29,30)/b7-6+. The monoisotopic (exact) mass is 487 g/mol. The van der Waals surface area contributed by atoms with Gasteiger partial charge in [-0.2, -0.15) is 0 Å². The minimum absolute atomic E-state index is 0.280. The van der Waals surface area contributed by atoms with Gasteiger partial charge in [0.05, 0.1) is 16.2 Å². The van der Waals surface area contributed by atoms with E-state index in [2.05, 4.69) is 27.2 Å². The van der Waals surface area contributed by atoms with Gasteiger partial charge in [0.1, 0.15) is 16.3 Å². The highest BCUT2D eigenvalue weighted by molar-refractivity contribution is 7.17. The first-order valence-electron chi connectivity index (χ1n) is 10.6. The van der Waals surface area contributed by atoms with Gasteiger partial charge in [-0.1, -0.05) is 57.9 Å². The fourth-order valence-corrected chi connectivity index (χ4v) is 6.10. The number of fused-ring (bicyclic) bond motifs is 1. The number of aromatic carboxylic acids is 1. The Morgan fingerprint density at radius 1 is 1.22 bits per heavy atom. The molecule has 3 aromatic rings. The van der Waals surface area contributed by atoms with Crippen LogP contribution in [-0.4, -0.2) is 34.3 Å². The second kappa shape index (κ2) is 7.61. The smallest absolute Gasteiger partial charge is 0.347 e. The molecular formula is C23H19Cl2N3O3S. The van der Waals surface area contributed by atoms with Gasteiger partial charge < -0.3 is 14.5 Å². The summed E-state index contributed by atoms with van der Waals surface area (Å²) in [6.45, 7) is 1.79. The van der Waals surface area contributed by atoms with E-state index in [9.17, 15) is 4.79 Å². The maximum atomic E-state index is 11.1. The van der Waals surface area contributed by atoms with E-state index < -0.39 is 5.97 Å². The first kappa shape index (κ1) is 20.3. The quantitative estimate of drug-likeness (QED) is 0.453. The van der Waals surface area contributed by atoms with Crippen molar-refractivity contribution in [2.45, 2.75) is 18.8 Å². The van der Waals surface area contributed by atoms with Gasteiger partial charge in [-0.3, -0.25) is 0 Å². The van der Waals surface area contributed by atoms with Crippen molar-refractivity contribution in [2.75, 3.05) is 18.0 Å². The van der Waals surface area contributed by atoms with Crippen LogP contribution in [0, 0.1) is 17.8 Å². The van der Waals surface area contributed by atoms with Crippen LogP contribution in [0.4, 0.5) is 5.13 Å². The number of carboxylic acid groups (broad SMARTS) is 1. The molecule has 1 aromatic carbocycles. The summed E-state index contributed by atoms with van der Waals surface area (Å²) in [5, 5.41) is 15.4. The predicted molar refractivity (Wildman–Crippen MR) is 125 cm³/mol. The van der Waals surface area contributed by atoms with Crippen molar-refractivity contribution >= 4 is 51.7 Å². The molecule has 2 atom stereocenters. The average molecular weight is 488 g/mol. The van der Waals surface area contributed by atoms with E-state index >= 15 is 0 Å². The van der Waals surface area contributed by atoms with E-state index in [1.165, 1.54) is 17.5 Å². The third kappa shape index (κ3) is 3.43. The summed E-state index contributed by atoms with van der Waals surface area (Å²) in [4.78, 5) is 17.9. The topological polar surface area (TPSA) is 79.5 Å². The molecule has 6 nitrogen and oxygen atoms in total. The molecule has 2 aliphatic carbocycles. The van der Waals surface area contributed by atoms with E-state index in [1.54, 1.807) is 0 Å². The summed E-state index contributed by atoms with van der Waals surface area (Å²) in [6.07, 6.45) is 8.07. The van der Waals surface area contributed by atoms with E-state index in [-0.39, 0.29) is 4.88 Å². The first-order valence-corrected chi connectivity index (χ1v) is 12.1. The zero-order chi connectivity index (χ0) is 22.0. The molecule has 0 radical (unpaired) electrons. The molecule has 164 valence electrons. The van der Waals surface area contributed by atoms with Gasteiger partial charge in [0.15, 0.2) is 5.13 Å². The third-order valence-electron chi connectivity index (χ3n) is 6.62. The highest BCUT2D eigenvalue weighted by atomic mass is 35.5. The second-order valence-electron chi connectivity index (χ2n) is 8.66. The van der Waals surface area contributed by atoms with Crippen LogP contribution >= 0.6 is 34.5 Å². The van der Waals surface area contributed by atoms with Crippen LogP contribution in [0.5, 0.6) is 0 Å². The Hall–Kier alpha value is -2.35. The molecule has 1 saturated heterocycles. The molecule has 0 spiro atoms. The number of aromatic nitrogens is 2. The highest BCUT2D eigenvalue weighted by Crippen LogP contribution is 2.54. The zero-order valence-corrected chi connectivity index (χ0v) is 19.2. The fourth-order valence-electron chi connectivity index (χ4n) is 4.75. The minimum atomic E-state index is -0.923. The SMILES string of the molecule is O=C(O)c1cnc(N2CC3C(/C=C/c4c(-c5c(Cl)cccc5Cl)noc4C4CC4)C3C2)s1. The van der Waals surface area contributed by atoms with Crippen LogP contribution < -0.4 is 4.90 Å². The molecule has 3 fully saturated rings. The molecule has 1 N–H and O–H groups in total. The van der Waals surface area contributed by atoms with E-state index in [0.717, 1.165) is 42.4 Å². The van der Waals surface area contributed by atoms with Gasteiger partial charge in [-0.15, -0.1) is 0 Å². The minimum Gasteiger partial charge on any atom is -0.477 e. The Labute approximate surface area is 198 Å². The number of carbonyl (C=O) groups is 1. The Balaban J connectivity index is 1.22. The number of hydrogen-bond donors (Lipinski definition) is 1. The number of carboxylic acids is 1. The molecule has 3 heterocycles.